The van der Waals surface area contributed by atoms with Crippen molar-refractivity contribution in [3.05, 3.63) is 46.8 Å². The van der Waals surface area contributed by atoms with Gasteiger partial charge in [-0.2, -0.15) is 9.97 Å². The Labute approximate surface area is 226 Å². The van der Waals surface area contributed by atoms with E-state index in [4.69, 9.17) is 15.5 Å². The largest absolute Gasteiger partial charge is 0.494 e. The number of H-pyrrole nitrogens is 1. The monoisotopic (exact) mass is 534 g/mol. The highest BCUT2D eigenvalue weighted by Gasteiger charge is 2.24. The molecule has 1 fully saturated rings. The number of thiophene rings is 1. The molecule has 4 aromatic rings. The van der Waals surface area contributed by atoms with E-state index in [0.717, 1.165) is 55.8 Å². The second kappa shape index (κ2) is 11.3. The summed E-state index contributed by atoms with van der Waals surface area (Å²) in [5, 5.41) is 9.17. The minimum Gasteiger partial charge on any atom is -0.494 e. The molecule has 38 heavy (non-hydrogen) atoms. The predicted octanol–water partition coefficient (Wildman–Crippen LogP) is 4.92. The van der Waals surface area contributed by atoms with E-state index in [-0.39, 0.29) is 0 Å². The Hall–Kier alpha value is -3.83. The fraction of sp³-hybridized carbons (Fsp3) is 0.370. The number of hydrogen-bond acceptors (Lipinski definition) is 9. The number of nitrogens with one attached hydrogen (secondary N) is 3. The Morgan fingerprint density at radius 2 is 1.95 bits per heavy atom. The van der Waals surface area contributed by atoms with Crippen molar-refractivity contribution in [2.45, 2.75) is 32.7 Å². The summed E-state index contributed by atoms with van der Waals surface area (Å²) in [6.45, 7) is 8.72. The number of aromatic amines is 1. The van der Waals surface area contributed by atoms with Crippen LogP contribution < -0.4 is 26.0 Å². The van der Waals surface area contributed by atoms with Gasteiger partial charge >= 0.3 is 0 Å². The van der Waals surface area contributed by atoms with Crippen LogP contribution >= 0.6 is 11.3 Å². The van der Waals surface area contributed by atoms with Crippen molar-refractivity contribution < 1.29 is 9.53 Å². The lowest BCUT2D eigenvalue weighted by Crippen LogP contribution is -2.44. The van der Waals surface area contributed by atoms with Crippen molar-refractivity contribution in [3.8, 4) is 5.75 Å². The lowest BCUT2D eigenvalue weighted by atomic mass is 10.0. The van der Waals surface area contributed by atoms with Crippen molar-refractivity contribution in [1.29, 1.82) is 0 Å². The van der Waals surface area contributed by atoms with Crippen molar-refractivity contribution >= 4 is 57.1 Å². The predicted molar refractivity (Wildman–Crippen MR) is 154 cm³/mol. The number of fused-ring (bicyclic) bond motifs is 1. The van der Waals surface area contributed by atoms with Crippen molar-refractivity contribution in [3.63, 3.8) is 0 Å². The molecular weight excluding hydrogens is 500 g/mol. The third-order valence-electron chi connectivity index (χ3n) is 7.15. The van der Waals surface area contributed by atoms with Crippen molar-refractivity contribution in [1.82, 2.24) is 19.9 Å². The number of rotatable bonds is 10. The molecule has 11 heteroatoms. The molecule has 0 unspecified atom stereocenters. The number of carbonyl (C=O) groups excluding carboxylic acids is 1. The molecule has 0 spiro atoms. The van der Waals surface area contributed by atoms with E-state index < -0.39 is 5.91 Å². The molecule has 0 atom stereocenters. The summed E-state index contributed by atoms with van der Waals surface area (Å²) >= 11 is 1.29. The molecule has 4 heterocycles. The SMILES string of the molecule is CCN(CC)C1CCN(c2ccc(Nc3nc(Nc4ccsc4C(N)=O)c4cc[nH]c4n3)c(OC)c2)CC1. The third kappa shape index (κ3) is 5.25. The van der Waals surface area contributed by atoms with Gasteiger partial charge in [0.2, 0.25) is 5.95 Å². The van der Waals surface area contributed by atoms with Crippen LogP contribution in [0.4, 0.5) is 28.8 Å². The van der Waals surface area contributed by atoms with Crippen LogP contribution in [-0.2, 0) is 0 Å². The molecule has 5 rings (SSSR count). The van der Waals surface area contributed by atoms with Gasteiger partial charge in [-0.3, -0.25) is 4.79 Å². The van der Waals surface area contributed by atoms with E-state index in [0.29, 0.717) is 39.8 Å². The lowest BCUT2D eigenvalue weighted by molar-refractivity contribution is 0.100. The van der Waals surface area contributed by atoms with E-state index in [1.807, 2.05) is 23.6 Å². The van der Waals surface area contributed by atoms with Gasteiger partial charge in [-0.25, -0.2) is 0 Å². The molecule has 1 aliphatic heterocycles. The van der Waals surface area contributed by atoms with Gasteiger partial charge in [-0.15, -0.1) is 11.3 Å². The van der Waals surface area contributed by atoms with E-state index in [2.05, 4.69) is 56.4 Å². The zero-order valence-electron chi connectivity index (χ0n) is 22.0. The molecular formula is C27H34N8O2S. The third-order valence-corrected chi connectivity index (χ3v) is 8.08. The number of amides is 1. The first-order valence-electron chi connectivity index (χ1n) is 12.9. The zero-order valence-corrected chi connectivity index (χ0v) is 22.8. The number of benzene rings is 1. The standard InChI is InChI=1S/C27H34N8O2S/c1-4-34(5-2)17-9-13-35(14-10-17)18-6-7-20(22(16-18)37-3)31-27-32-25-19(8-12-29-25)26(33-27)30-21-11-15-38-23(21)24(28)36/h6-8,11-12,15-17H,4-5,9-10,13-14H2,1-3H3,(H2,28,36)(H3,29,30,31,32,33). The molecule has 1 saturated heterocycles. The van der Waals surface area contributed by atoms with Crippen molar-refractivity contribution in [2.24, 2.45) is 5.73 Å². The Bertz CT molecular complexity index is 1410. The molecule has 10 nitrogen and oxygen atoms in total. The Morgan fingerprint density at radius 1 is 1.16 bits per heavy atom. The molecule has 0 aliphatic carbocycles. The fourth-order valence-corrected chi connectivity index (χ4v) is 5.85. The fourth-order valence-electron chi connectivity index (χ4n) is 5.15. The summed E-state index contributed by atoms with van der Waals surface area (Å²) in [6, 6.07) is 10.5. The first-order valence-corrected chi connectivity index (χ1v) is 13.8. The first-order chi connectivity index (χ1) is 18.5. The maximum absolute atomic E-state index is 11.8. The summed E-state index contributed by atoms with van der Waals surface area (Å²) in [5.41, 5.74) is 8.71. The van der Waals surface area contributed by atoms with Crippen LogP contribution in [0.1, 0.15) is 36.4 Å². The van der Waals surface area contributed by atoms with E-state index >= 15 is 0 Å². The average Bonchev–Trinajstić information content (AvgIpc) is 3.60. The maximum atomic E-state index is 11.8. The molecule has 1 aromatic carbocycles. The number of aromatic nitrogens is 3. The summed E-state index contributed by atoms with van der Waals surface area (Å²) in [6.07, 6.45) is 4.12. The quantitative estimate of drug-likeness (QED) is 0.226. The number of hydrogen-bond donors (Lipinski definition) is 4. The minimum atomic E-state index is -0.484. The number of nitrogens with two attached hydrogens (primary N) is 1. The number of methoxy groups -OCH3 is 1. The van der Waals surface area contributed by atoms with E-state index in [1.165, 1.54) is 11.3 Å². The second-order valence-electron chi connectivity index (χ2n) is 9.24. The van der Waals surface area contributed by atoms with Crippen LogP contribution in [0.2, 0.25) is 0 Å². The highest BCUT2D eigenvalue weighted by atomic mass is 32.1. The Morgan fingerprint density at radius 3 is 2.66 bits per heavy atom. The smallest absolute Gasteiger partial charge is 0.260 e. The number of piperidine rings is 1. The molecule has 0 saturated carbocycles. The van der Waals surface area contributed by atoms with Crippen LogP contribution in [0.25, 0.3) is 11.0 Å². The number of nitrogens with zero attached hydrogens (tertiary/aromatic N) is 4. The maximum Gasteiger partial charge on any atom is 0.260 e. The van der Waals surface area contributed by atoms with Crippen LogP contribution in [0.5, 0.6) is 5.75 Å². The van der Waals surface area contributed by atoms with E-state index in [9.17, 15) is 4.79 Å². The lowest BCUT2D eigenvalue weighted by Gasteiger charge is -2.38. The molecule has 1 aliphatic rings. The number of carbonyl (C=O) groups is 1. The number of anilines is 5. The molecule has 200 valence electrons. The molecule has 5 N–H and O–H groups in total. The van der Waals surface area contributed by atoms with Crippen LogP contribution in [0, 0.1) is 0 Å². The first kappa shape index (κ1) is 25.8. The van der Waals surface area contributed by atoms with Gasteiger partial charge in [0.25, 0.3) is 5.91 Å². The van der Waals surface area contributed by atoms with Gasteiger partial charge in [0.15, 0.2) is 0 Å². The highest BCUT2D eigenvalue weighted by Crippen LogP contribution is 2.34. The second-order valence-corrected chi connectivity index (χ2v) is 10.2. The Kier molecular flexibility index (Phi) is 7.66. The number of primary amides is 1. The zero-order chi connectivity index (χ0) is 26.6. The normalized spacial score (nSPS) is 14.3. The van der Waals surface area contributed by atoms with Gasteiger partial charge in [0, 0.05) is 37.1 Å². The molecule has 3 aromatic heterocycles. The number of ether oxygens (including phenoxy) is 1. The van der Waals surface area contributed by atoms with Crippen LogP contribution in [0.3, 0.4) is 0 Å². The van der Waals surface area contributed by atoms with Gasteiger partial charge in [-0.05, 0) is 55.6 Å². The topological polar surface area (TPSA) is 124 Å². The van der Waals surface area contributed by atoms with Gasteiger partial charge in [0.05, 0.1) is 23.9 Å². The summed E-state index contributed by atoms with van der Waals surface area (Å²) in [4.78, 5) is 29.7. The van der Waals surface area contributed by atoms with Crippen LogP contribution in [-0.4, -0.2) is 65.1 Å². The van der Waals surface area contributed by atoms with Gasteiger partial charge < -0.3 is 35.9 Å². The Balaban J connectivity index is 1.36. The summed E-state index contributed by atoms with van der Waals surface area (Å²) < 4.78 is 5.75. The van der Waals surface area contributed by atoms with Crippen LogP contribution in [0.15, 0.2) is 41.9 Å². The summed E-state index contributed by atoms with van der Waals surface area (Å²) in [7, 11) is 1.67. The summed E-state index contributed by atoms with van der Waals surface area (Å²) in [5.74, 6) is 1.19. The highest BCUT2D eigenvalue weighted by molar-refractivity contribution is 7.12. The molecule has 1 amide bonds. The molecule has 0 radical (unpaired) electrons. The van der Waals surface area contributed by atoms with E-state index in [1.54, 1.807) is 13.3 Å². The van der Waals surface area contributed by atoms with Gasteiger partial charge in [0.1, 0.15) is 22.1 Å². The minimum absolute atomic E-state index is 0.393. The molecule has 0 bridgehead atoms. The van der Waals surface area contributed by atoms with Gasteiger partial charge in [-0.1, -0.05) is 13.8 Å². The van der Waals surface area contributed by atoms with Crippen molar-refractivity contribution in [2.75, 3.05) is 48.8 Å². The average molecular weight is 535 g/mol.